The summed E-state index contributed by atoms with van der Waals surface area (Å²) in [6.45, 7) is 5.87. The van der Waals surface area contributed by atoms with E-state index in [-0.39, 0.29) is 19.1 Å². The summed E-state index contributed by atoms with van der Waals surface area (Å²) in [6, 6.07) is 10.2. The van der Waals surface area contributed by atoms with Crippen molar-refractivity contribution in [2.45, 2.75) is 65.3 Å². The van der Waals surface area contributed by atoms with Crippen LogP contribution in [0.1, 0.15) is 67.0 Å². The Hall–Kier alpha value is -3.27. The number of aryl methyl sites for hydroxylation is 1. The van der Waals surface area contributed by atoms with E-state index in [9.17, 15) is 14.9 Å². The van der Waals surface area contributed by atoms with Crippen molar-refractivity contribution in [1.82, 2.24) is 4.57 Å². The second-order valence-electron chi connectivity index (χ2n) is 8.33. The molecule has 1 aliphatic rings. The number of esters is 1. The molecular formula is C25H31N3O4. The van der Waals surface area contributed by atoms with Crippen molar-refractivity contribution in [3.63, 3.8) is 0 Å². The van der Waals surface area contributed by atoms with E-state index in [1.165, 1.54) is 0 Å². The van der Waals surface area contributed by atoms with Crippen molar-refractivity contribution in [2.24, 2.45) is 0 Å². The Morgan fingerprint density at radius 3 is 2.66 bits per heavy atom. The summed E-state index contributed by atoms with van der Waals surface area (Å²) in [6.07, 6.45) is 5.00. The topological polar surface area (TPSA) is 93.3 Å². The SMILES string of the molecule is Cc1cccc(OCCCC(=O)OCC(=O)Nc2c(C#N)c(C)c(C)n2C2CCCC2)c1. The maximum atomic E-state index is 12.5. The largest absolute Gasteiger partial charge is 0.494 e. The molecule has 170 valence electrons. The number of aromatic nitrogens is 1. The van der Waals surface area contributed by atoms with E-state index in [1.807, 2.05) is 45.0 Å². The summed E-state index contributed by atoms with van der Waals surface area (Å²) < 4.78 is 12.8. The van der Waals surface area contributed by atoms with Crippen molar-refractivity contribution >= 4 is 17.7 Å². The fourth-order valence-electron chi connectivity index (χ4n) is 4.20. The number of benzene rings is 1. The van der Waals surface area contributed by atoms with E-state index in [2.05, 4.69) is 16.0 Å². The Morgan fingerprint density at radius 1 is 1.22 bits per heavy atom. The molecule has 0 saturated heterocycles. The molecule has 3 rings (SSSR count). The molecule has 1 saturated carbocycles. The van der Waals surface area contributed by atoms with Gasteiger partial charge in [0.05, 0.1) is 12.2 Å². The van der Waals surface area contributed by atoms with Crippen LogP contribution in [0, 0.1) is 32.1 Å². The lowest BCUT2D eigenvalue weighted by Gasteiger charge is -2.19. The first kappa shape index (κ1) is 23.4. The Morgan fingerprint density at radius 2 is 1.97 bits per heavy atom. The van der Waals surface area contributed by atoms with Crippen molar-refractivity contribution in [2.75, 3.05) is 18.5 Å². The molecule has 0 bridgehead atoms. The second-order valence-corrected chi connectivity index (χ2v) is 8.33. The minimum Gasteiger partial charge on any atom is -0.494 e. The van der Waals surface area contributed by atoms with Crippen molar-refractivity contribution in [1.29, 1.82) is 5.26 Å². The van der Waals surface area contributed by atoms with Crippen LogP contribution in [0.25, 0.3) is 0 Å². The van der Waals surface area contributed by atoms with Gasteiger partial charge in [-0.1, -0.05) is 25.0 Å². The average Bonchev–Trinajstić information content (AvgIpc) is 3.37. The van der Waals surface area contributed by atoms with E-state index in [0.29, 0.717) is 24.4 Å². The third-order valence-electron chi connectivity index (χ3n) is 5.96. The molecule has 1 heterocycles. The summed E-state index contributed by atoms with van der Waals surface area (Å²) in [5, 5.41) is 12.4. The molecule has 1 aliphatic carbocycles. The Labute approximate surface area is 189 Å². The number of carbonyl (C=O) groups is 2. The van der Waals surface area contributed by atoms with Crippen LogP contribution in [0.4, 0.5) is 5.82 Å². The molecule has 0 aliphatic heterocycles. The molecule has 1 fully saturated rings. The number of nitriles is 1. The third-order valence-corrected chi connectivity index (χ3v) is 5.96. The lowest BCUT2D eigenvalue weighted by molar-refractivity contribution is -0.147. The second kappa shape index (κ2) is 10.9. The van der Waals surface area contributed by atoms with Gasteiger partial charge in [0, 0.05) is 18.2 Å². The summed E-state index contributed by atoms with van der Waals surface area (Å²) >= 11 is 0. The molecule has 32 heavy (non-hydrogen) atoms. The molecule has 0 unspecified atom stereocenters. The van der Waals surface area contributed by atoms with Gasteiger partial charge >= 0.3 is 5.97 Å². The smallest absolute Gasteiger partial charge is 0.306 e. The fraction of sp³-hybridized carbons (Fsp3) is 0.480. The Balaban J connectivity index is 1.49. The zero-order valence-corrected chi connectivity index (χ0v) is 19.1. The van der Waals surface area contributed by atoms with Gasteiger partial charge < -0.3 is 19.4 Å². The first-order valence-corrected chi connectivity index (χ1v) is 11.2. The van der Waals surface area contributed by atoms with Gasteiger partial charge in [0.25, 0.3) is 5.91 Å². The van der Waals surface area contributed by atoms with E-state index in [1.54, 1.807) is 0 Å². The molecule has 1 aromatic heterocycles. The number of hydrogen-bond acceptors (Lipinski definition) is 5. The molecule has 7 heteroatoms. The summed E-state index contributed by atoms with van der Waals surface area (Å²) in [4.78, 5) is 24.5. The first-order chi connectivity index (χ1) is 15.4. The minimum atomic E-state index is -0.452. The maximum absolute atomic E-state index is 12.5. The number of hydrogen-bond donors (Lipinski definition) is 1. The number of carbonyl (C=O) groups excluding carboxylic acids is 2. The highest BCUT2D eigenvalue weighted by molar-refractivity contribution is 5.93. The van der Waals surface area contributed by atoms with E-state index < -0.39 is 11.9 Å². The third kappa shape index (κ3) is 5.70. The highest BCUT2D eigenvalue weighted by Gasteiger charge is 2.26. The maximum Gasteiger partial charge on any atom is 0.306 e. The van der Waals surface area contributed by atoms with Crippen LogP contribution in [0.3, 0.4) is 0 Å². The average molecular weight is 438 g/mol. The number of nitrogens with zero attached hydrogens (tertiary/aromatic N) is 2. The van der Waals surface area contributed by atoms with Crippen molar-refractivity contribution in [3.8, 4) is 11.8 Å². The normalized spacial score (nSPS) is 13.6. The van der Waals surface area contributed by atoms with Gasteiger partial charge in [-0.2, -0.15) is 5.26 Å². The highest BCUT2D eigenvalue weighted by atomic mass is 16.5. The lowest BCUT2D eigenvalue weighted by atomic mass is 10.2. The molecular weight excluding hydrogens is 406 g/mol. The molecule has 7 nitrogen and oxygen atoms in total. The molecule has 0 atom stereocenters. The number of amides is 1. The summed E-state index contributed by atoms with van der Waals surface area (Å²) in [5.74, 6) is 0.388. The number of nitrogens with one attached hydrogen (secondary N) is 1. The molecule has 1 aromatic carbocycles. The van der Waals surface area contributed by atoms with Gasteiger partial charge in [0.1, 0.15) is 17.6 Å². The van der Waals surface area contributed by atoms with Gasteiger partial charge in [-0.3, -0.25) is 9.59 Å². The van der Waals surface area contributed by atoms with Gasteiger partial charge in [0.2, 0.25) is 0 Å². The van der Waals surface area contributed by atoms with E-state index in [0.717, 1.165) is 48.3 Å². The van der Waals surface area contributed by atoms with Gasteiger partial charge in [0.15, 0.2) is 6.61 Å². The van der Waals surface area contributed by atoms with E-state index >= 15 is 0 Å². The zero-order valence-electron chi connectivity index (χ0n) is 19.1. The van der Waals surface area contributed by atoms with Crippen LogP contribution in [0.15, 0.2) is 24.3 Å². The van der Waals surface area contributed by atoms with Gasteiger partial charge in [-0.25, -0.2) is 0 Å². The molecule has 2 aromatic rings. The number of anilines is 1. The molecule has 1 N–H and O–H groups in total. The quantitative estimate of drug-likeness (QED) is 0.452. The fourth-order valence-corrected chi connectivity index (χ4v) is 4.20. The first-order valence-electron chi connectivity index (χ1n) is 11.2. The minimum absolute atomic E-state index is 0.166. The van der Waals surface area contributed by atoms with Crippen LogP contribution >= 0.6 is 0 Å². The van der Waals surface area contributed by atoms with Crippen molar-refractivity contribution in [3.05, 3.63) is 46.6 Å². The highest BCUT2D eigenvalue weighted by Crippen LogP contribution is 2.37. The van der Waals surface area contributed by atoms with Crippen LogP contribution in [0.2, 0.25) is 0 Å². The van der Waals surface area contributed by atoms with Crippen molar-refractivity contribution < 1.29 is 19.1 Å². The molecule has 0 radical (unpaired) electrons. The van der Waals surface area contributed by atoms with Crippen LogP contribution in [-0.2, 0) is 14.3 Å². The molecule has 1 amide bonds. The molecule has 0 spiro atoms. The van der Waals surface area contributed by atoms with Crippen LogP contribution < -0.4 is 10.1 Å². The van der Waals surface area contributed by atoms with Gasteiger partial charge in [-0.15, -0.1) is 0 Å². The summed E-state index contributed by atoms with van der Waals surface area (Å²) in [5.41, 5.74) is 3.45. The monoisotopic (exact) mass is 437 g/mol. The predicted octanol–water partition coefficient (Wildman–Crippen LogP) is 4.74. The zero-order chi connectivity index (χ0) is 23.1. The Kier molecular flexibility index (Phi) is 7.93. The number of ether oxygens (including phenoxy) is 2. The number of rotatable bonds is 9. The predicted molar refractivity (Wildman–Crippen MR) is 122 cm³/mol. The standard InChI is InChI=1S/C25H31N3O4/c1-17-8-6-11-21(14-17)31-13-7-12-24(30)32-16-23(29)27-25-22(15-26)18(2)19(3)28(25)20-9-4-5-10-20/h6,8,11,14,20H,4-5,7,9-10,12-13,16H2,1-3H3,(H,27,29). The lowest BCUT2D eigenvalue weighted by Crippen LogP contribution is -2.24. The summed E-state index contributed by atoms with van der Waals surface area (Å²) in [7, 11) is 0. The van der Waals surface area contributed by atoms with Crippen LogP contribution in [-0.4, -0.2) is 29.7 Å². The Bertz CT molecular complexity index is 1010. The van der Waals surface area contributed by atoms with Crippen LogP contribution in [0.5, 0.6) is 5.75 Å². The van der Waals surface area contributed by atoms with Gasteiger partial charge in [-0.05, 0) is 63.3 Å². The van der Waals surface area contributed by atoms with E-state index in [4.69, 9.17) is 9.47 Å².